The normalized spacial score (nSPS) is 10.7. The highest BCUT2D eigenvalue weighted by Crippen LogP contribution is 2.21. The van der Waals surface area contributed by atoms with E-state index in [-0.39, 0.29) is 18.2 Å². The summed E-state index contributed by atoms with van der Waals surface area (Å²) in [6, 6.07) is 14.1. The number of nitrogens with two attached hydrogens (primary N) is 1. The second kappa shape index (κ2) is 9.73. The van der Waals surface area contributed by atoms with Crippen LogP contribution >= 0.6 is 0 Å². The van der Waals surface area contributed by atoms with Crippen molar-refractivity contribution in [2.45, 2.75) is 20.3 Å². The van der Waals surface area contributed by atoms with Gasteiger partial charge in [-0.15, -0.1) is 0 Å². The molecule has 0 aromatic heterocycles. The molecule has 0 fully saturated rings. The van der Waals surface area contributed by atoms with Gasteiger partial charge >= 0.3 is 5.97 Å². The third-order valence-corrected chi connectivity index (χ3v) is 4.38. The van der Waals surface area contributed by atoms with Crippen LogP contribution in [0.3, 0.4) is 0 Å². The molecule has 0 spiro atoms. The number of ether oxygens (including phenoxy) is 1. The lowest BCUT2D eigenvalue weighted by Crippen LogP contribution is -2.28. The van der Waals surface area contributed by atoms with E-state index in [0.717, 1.165) is 13.1 Å². The van der Waals surface area contributed by atoms with E-state index in [4.69, 9.17) is 10.5 Å². The minimum Gasteiger partial charge on any atom is -0.464 e. The van der Waals surface area contributed by atoms with Gasteiger partial charge in [-0.1, -0.05) is 56.3 Å². The number of para-hydroxylation sites is 1. The fourth-order valence-electron chi connectivity index (χ4n) is 2.75. The Hall–Kier alpha value is -2.66. The number of hydrogen-bond donors (Lipinski definition) is 1. The zero-order chi connectivity index (χ0) is 18.9. The Morgan fingerprint density at radius 1 is 1.00 bits per heavy atom. The van der Waals surface area contributed by atoms with Gasteiger partial charge in [0, 0.05) is 23.4 Å². The van der Waals surface area contributed by atoms with Crippen LogP contribution in [0.15, 0.2) is 48.5 Å². The van der Waals surface area contributed by atoms with Crippen LogP contribution in [0, 0.1) is 0 Å². The smallest absolute Gasteiger partial charge is 0.310 e. The van der Waals surface area contributed by atoms with Crippen LogP contribution < -0.4 is 5.73 Å². The zero-order valence-corrected chi connectivity index (χ0v) is 15.4. The quantitative estimate of drug-likeness (QED) is 0.426. The summed E-state index contributed by atoms with van der Waals surface area (Å²) in [6.07, 6.45) is 0.0555. The standard InChI is InChI=1S/C21H26N2O3/c1-3-23(4-2)13-14-26-19(24)15-17-11-8-12-18(20(17)22)21(25)16-9-6-5-7-10-16/h5-12H,3-4,13-15,22H2,1-2H3. The summed E-state index contributed by atoms with van der Waals surface area (Å²) >= 11 is 0. The first-order valence-electron chi connectivity index (χ1n) is 8.91. The second-order valence-corrected chi connectivity index (χ2v) is 6.00. The van der Waals surface area contributed by atoms with Crippen molar-refractivity contribution in [3.05, 3.63) is 65.2 Å². The van der Waals surface area contributed by atoms with Gasteiger partial charge in [-0.05, 0) is 24.7 Å². The molecule has 0 aliphatic carbocycles. The molecule has 5 heteroatoms. The molecule has 138 valence electrons. The predicted molar refractivity (Wildman–Crippen MR) is 103 cm³/mol. The van der Waals surface area contributed by atoms with Gasteiger partial charge in [-0.25, -0.2) is 0 Å². The third kappa shape index (κ3) is 5.17. The van der Waals surface area contributed by atoms with E-state index in [9.17, 15) is 9.59 Å². The molecule has 0 saturated heterocycles. The maximum absolute atomic E-state index is 12.6. The van der Waals surface area contributed by atoms with E-state index in [1.54, 1.807) is 42.5 Å². The Morgan fingerprint density at radius 2 is 1.69 bits per heavy atom. The third-order valence-electron chi connectivity index (χ3n) is 4.38. The highest BCUT2D eigenvalue weighted by Gasteiger charge is 2.16. The summed E-state index contributed by atoms with van der Waals surface area (Å²) in [7, 11) is 0. The number of ketones is 1. The number of benzene rings is 2. The SMILES string of the molecule is CCN(CC)CCOC(=O)Cc1cccc(C(=O)c2ccccc2)c1N. The number of carbonyl (C=O) groups is 2. The highest BCUT2D eigenvalue weighted by molar-refractivity contribution is 6.12. The Balaban J connectivity index is 2.02. The number of likely N-dealkylation sites (N-methyl/N-ethyl adjacent to an activating group) is 1. The largest absolute Gasteiger partial charge is 0.464 e. The van der Waals surface area contributed by atoms with E-state index >= 15 is 0 Å². The molecule has 0 unspecified atom stereocenters. The van der Waals surface area contributed by atoms with Gasteiger partial charge in [-0.2, -0.15) is 0 Å². The predicted octanol–water partition coefficient (Wildman–Crippen LogP) is 2.93. The van der Waals surface area contributed by atoms with Gasteiger partial charge in [0.25, 0.3) is 0 Å². The molecule has 5 nitrogen and oxygen atoms in total. The lowest BCUT2D eigenvalue weighted by molar-refractivity contribution is -0.143. The molecule has 0 radical (unpaired) electrons. The number of carbonyl (C=O) groups excluding carboxylic acids is 2. The van der Waals surface area contributed by atoms with Crippen molar-refractivity contribution in [3.63, 3.8) is 0 Å². The molecule has 0 bridgehead atoms. The summed E-state index contributed by atoms with van der Waals surface area (Å²) in [6.45, 7) is 7.04. The monoisotopic (exact) mass is 354 g/mol. The Bertz CT molecular complexity index is 740. The van der Waals surface area contributed by atoms with E-state index in [1.165, 1.54) is 0 Å². The molecule has 26 heavy (non-hydrogen) atoms. The molecule has 2 rings (SSSR count). The fourth-order valence-corrected chi connectivity index (χ4v) is 2.75. The maximum Gasteiger partial charge on any atom is 0.310 e. The van der Waals surface area contributed by atoms with Crippen molar-refractivity contribution in [1.82, 2.24) is 4.90 Å². The molecule has 0 heterocycles. The number of nitrogens with zero attached hydrogens (tertiary/aromatic N) is 1. The van der Waals surface area contributed by atoms with Crippen LogP contribution in [0.2, 0.25) is 0 Å². The molecule has 0 saturated carbocycles. The molecule has 0 aliphatic rings. The molecule has 2 N–H and O–H groups in total. The second-order valence-electron chi connectivity index (χ2n) is 6.00. The lowest BCUT2D eigenvalue weighted by atomic mass is 9.98. The summed E-state index contributed by atoms with van der Waals surface area (Å²) < 4.78 is 5.30. The topological polar surface area (TPSA) is 72.6 Å². The number of nitrogen functional groups attached to an aromatic ring is 1. The van der Waals surface area contributed by atoms with Crippen molar-refractivity contribution in [3.8, 4) is 0 Å². The highest BCUT2D eigenvalue weighted by atomic mass is 16.5. The van der Waals surface area contributed by atoms with Crippen molar-refractivity contribution in [2.75, 3.05) is 32.0 Å². The number of esters is 1. The van der Waals surface area contributed by atoms with Gasteiger partial charge in [0.1, 0.15) is 6.61 Å². The van der Waals surface area contributed by atoms with Crippen molar-refractivity contribution >= 4 is 17.4 Å². The Morgan fingerprint density at radius 3 is 2.35 bits per heavy atom. The van der Waals surface area contributed by atoms with E-state index in [2.05, 4.69) is 18.7 Å². The summed E-state index contributed by atoms with van der Waals surface area (Å²) in [4.78, 5) is 26.9. The molecule has 0 atom stereocenters. The molecule has 0 aliphatic heterocycles. The van der Waals surface area contributed by atoms with Crippen molar-refractivity contribution < 1.29 is 14.3 Å². The van der Waals surface area contributed by atoms with Crippen LogP contribution in [0.4, 0.5) is 5.69 Å². The minimum atomic E-state index is -0.340. The average molecular weight is 354 g/mol. The minimum absolute atomic E-state index is 0.0555. The van der Waals surface area contributed by atoms with Gasteiger partial charge in [-0.3, -0.25) is 9.59 Å². The molecular weight excluding hydrogens is 328 g/mol. The van der Waals surface area contributed by atoms with Crippen molar-refractivity contribution in [1.29, 1.82) is 0 Å². The van der Waals surface area contributed by atoms with E-state index < -0.39 is 0 Å². The Kier molecular flexibility index (Phi) is 7.36. The molecular formula is C21H26N2O3. The summed E-state index contributed by atoms with van der Waals surface area (Å²) in [5, 5.41) is 0. The summed E-state index contributed by atoms with van der Waals surface area (Å²) in [5.74, 6) is -0.493. The zero-order valence-electron chi connectivity index (χ0n) is 15.4. The fraction of sp³-hybridized carbons (Fsp3) is 0.333. The van der Waals surface area contributed by atoms with Gasteiger partial charge in [0.15, 0.2) is 5.78 Å². The summed E-state index contributed by atoms with van der Waals surface area (Å²) in [5.41, 5.74) is 8.07. The van der Waals surface area contributed by atoms with Crippen LogP contribution in [0.1, 0.15) is 35.3 Å². The first-order chi connectivity index (χ1) is 12.6. The van der Waals surface area contributed by atoms with Gasteiger partial charge in [0.2, 0.25) is 0 Å². The number of rotatable bonds is 9. The van der Waals surface area contributed by atoms with E-state index in [0.29, 0.717) is 35.5 Å². The first-order valence-corrected chi connectivity index (χ1v) is 8.91. The maximum atomic E-state index is 12.6. The van der Waals surface area contributed by atoms with Crippen molar-refractivity contribution in [2.24, 2.45) is 0 Å². The lowest BCUT2D eigenvalue weighted by Gasteiger charge is -2.17. The molecule has 2 aromatic rings. The molecule has 0 amide bonds. The van der Waals surface area contributed by atoms with Crippen LogP contribution in [-0.2, 0) is 16.0 Å². The van der Waals surface area contributed by atoms with Gasteiger partial charge in [0.05, 0.1) is 6.42 Å². The Labute approximate surface area is 154 Å². The average Bonchev–Trinajstić information content (AvgIpc) is 2.67. The number of hydrogen-bond acceptors (Lipinski definition) is 5. The molecule has 2 aromatic carbocycles. The first kappa shape index (κ1) is 19.7. The number of anilines is 1. The van der Waals surface area contributed by atoms with Crippen LogP contribution in [0.25, 0.3) is 0 Å². The van der Waals surface area contributed by atoms with Crippen LogP contribution in [0.5, 0.6) is 0 Å². The van der Waals surface area contributed by atoms with Gasteiger partial charge < -0.3 is 15.4 Å². The van der Waals surface area contributed by atoms with Crippen LogP contribution in [-0.4, -0.2) is 42.9 Å². The van der Waals surface area contributed by atoms with E-state index in [1.807, 2.05) is 6.07 Å².